The van der Waals surface area contributed by atoms with Gasteiger partial charge in [0.1, 0.15) is 9.84 Å². The number of aryl methyl sites for hydroxylation is 2. The molecule has 1 amide bonds. The summed E-state index contributed by atoms with van der Waals surface area (Å²) in [6.45, 7) is 3.82. The molecule has 6 heteroatoms. The molecule has 0 spiro atoms. The van der Waals surface area contributed by atoms with E-state index < -0.39 is 15.9 Å². The average Bonchev–Trinajstić information content (AvgIpc) is 2.29. The van der Waals surface area contributed by atoms with Crippen LogP contribution in [0.1, 0.15) is 17.5 Å². The fourth-order valence-electron chi connectivity index (χ4n) is 1.57. The van der Waals surface area contributed by atoms with Crippen LogP contribution in [0.25, 0.3) is 0 Å². The first-order valence-corrected chi connectivity index (χ1v) is 8.06. The van der Waals surface area contributed by atoms with Crippen LogP contribution >= 0.6 is 0 Å². The number of hydrogen-bond acceptors (Lipinski definition) is 4. The molecule has 1 aromatic rings. The highest BCUT2D eigenvalue weighted by Gasteiger charge is 2.16. The maximum atomic E-state index is 11.9. The lowest BCUT2D eigenvalue weighted by Gasteiger charge is -2.13. The van der Waals surface area contributed by atoms with Crippen molar-refractivity contribution in [2.24, 2.45) is 5.73 Å². The molecule has 0 aliphatic heterocycles. The van der Waals surface area contributed by atoms with Gasteiger partial charge in [-0.15, -0.1) is 0 Å². The standard InChI is InChI=1S/C13H20N2O3S/c1-9-4-5-10(2)12(8-9)15-13(16)11(14)6-7-19(3,17)18/h4-5,8,11H,6-7,14H2,1-3H3,(H,15,16). The molecular formula is C13H20N2O3S. The summed E-state index contributed by atoms with van der Waals surface area (Å²) in [5, 5.41) is 2.73. The minimum absolute atomic E-state index is 0.0889. The van der Waals surface area contributed by atoms with Gasteiger partial charge in [-0.25, -0.2) is 8.42 Å². The third kappa shape index (κ3) is 5.40. The van der Waals surface area contributed by atoms with Crippen molar-refractivity contribution in [2.45, 2.75) is 26.3 Å². The number of hydrogen-bond donors (Lipinski definition) is 2. The Morgan fingerprint density at radius 3 is 2.58 bits per heavy atom. The molecule has 19 heavy (non-hydrogen) atoms. The first kappa shape index (κ1) is 15.7. The van der Waals surface area contributed by atoms with E-state index in [9.17, 15) is 13.2 Å². The Morgan fingerprint density at radius 2 is 2.00 bits per heavy atom. The Balaban J connectivity index is 2.66. The molecule has 1 unspecified atom stereocenters. The molecule has 0 aliphatic carbocycles. The van der Waals surface area contributed by atoms with E-state index in [1.165, 1.54) is 0 Å². The number of rotatable bonds is 5. The molecule has 0 bridgehead atoms. The molecule has 1 atom stereocenters. The van der Waals surface area contributed by atoms with E-state index in [0.717, 1.165) is 17.4 Å². The van der Waals surface area contributed by atoms with Crippen LogP contribution < -0.4 is 11.1 Å². The molecule has 0 radical (unpaired) electrons. The number of nitrogens with one attached hydrogen (secondary N) is 1. The van der Waals surface area contributed by atoms with Gasteiger partial charge < -0.3 is 11.1 Å². The third-order valence-electron chi connectivity index (χ3n) is 2.79. The molecule has 106 valence electrons. The molecule has 5 nitrogen and oxygen atoms in total. The lowest BCUT2D eigenvalue weighted by molar-refractivity contribution is -0.117. The quantitative estimate of drug-likeness (QED) is 0.844. The van der Waals surface area contributed by atoms with Crippen LogP contribution in [0.5, 0.6) is 0 Å². The van der Waals surface area contributed by atoms with Gasteiger partial charge in [0.25, 0.3) is 0 Å². The lowest BCUT2D eigenvalue weighted by atomic mass is 10.1. The minimum atomic E-state index is -3.10. The summed E-state index contributed by atoms with van der Waals surface area (Å²) in [5.74, 6) is -0.452. The number of carbonyl (C=O) groups excluding carboxylic acids is 1. The van der Waals surface area contributed by atoms with E-state index in [4.69, 9.17) is 5.73 Å². The topological polar surface area (TPSA) is 89.3 Å². The summed E-state index contributed by atoms with van der Waals surface area (Å²) in [6, 6.07) is 4.90. The molecule has 0 aromatic heterocycles. The zero-order chi connectivity index (χ0) is 14.6. The third-order valence-corrected chi connectivity index (χ3v) is 3.76. The summed E-state index contributed by atoms with van der Waals surface area (Å²) >= 11 is 0. The van der Waals surface area contributed by atoms with E-state index in [-0.39, 0.29) is 18.1 Å². The fourth-order valence-corrected chi connectivity index (χ4v) is 2.25. The zero-order valence-electron chi connectivity index (χ0n) is 11.4. The van der Waals surface area contributed by atoms with Crippen molar-refractivity contribution < 1.29 is 13.2 Å². The van der Waals surface area contributed by atoms with Gasteiger partial charge in [0, 0.05) is 11.9 Å². The van der Waals surface area contributed by atoms with Gasteiger partial charge in [-0.05, 0) is 37.5 Å². The lowest BCUT2D eigenvalue weighted by Crippen LogP contribution is -2.37. The van der Waals surface area contributed by atoms with Crippen molar-refractivity contribution in [3.63, 3.8) is 0 Å². The summed E-state index contributed by atoms with van der Waals surface area (Å²) < 4.78 is 22.1. The molecule has 1 rings (SSSR count). The van der Waals surface area contributed by atoms with Gasteiger partial charge in [-0.1, -0.05) is 12.1 Å². The van der Waals surface area contributed by atoms with Gasteiger partial charge in [0.05, 0.1) is 11.8 Å². The van der Waals surface area contributed by atoms with Crippen LogP contribution in [0.15, 0.2) is 18.2 Å². The van der Waals surface area contributed by atoms with E-state index in [1.807, 2.05) is 32.0 Å². The Kier molecular flexibility index (Phi) is 5.08. The number of amides is 1. The predicted octanol–water partition coefficient (Wildman–Crippen LogP) is 1.00. The SMILES string of the molecule is Cc1ccc(C)c(NC(=O)C(N)CCS(C)(=O)=O)c1. The first-order chi connectivity index (χ1) is 8.69. The van der Waals surface area contributed by atoms with Crippen LogP contribution in [-0.2, 0) is 14.6 Å². The van der Waals surface area contributed by atoms with Crippen LogP contribution in [0.4, 0.5) is 5.69 Å². The second-order valence-corrected chi connectivity index (χ2v) is 7.09. The highest BCUT2D eigenvalue weighted by molar-refractivity contribution is 7.90. The molecule has 3 N–H and O–H groups in total. The maximum absolute atomic E-state index is 11.9. The number of nitrogens with two attached hydrogens (primary N) is 1. The Morgan fingerprint density at radius 1 is 1.37 bits per heavy atom. The molecule has 0 aliphatic rings. The highest BCUT2D eigenvalue weighted by atomic mass is 32.2. The van der Waals surface area contributed by atoms with Gasteiger partial charge in [0.15, 0.2) is 0 Å². The average molecular weight is 284 g/mol. The van der Waals surface area contributed by atoms with Gasteiger partial charge in [-0.2, -0.15) is 0 Å². The molecule has 1 aromatic carbocycles. The van der Waals surface area contributed by atoms with Crippen LogP contribution in [0, 0.1) is 13.8 Å². The molecular weight excluding hydrogens is 264 g/mol. The Bertz CT molecular complexity index is 567. The van der Waals surface area contributed by atoms with Crippen LogP contribution in [0.3, 0.4) is 0 Å². The van der Waals surface area contributed by atoms with E-state index in [1.54, 1.807) is 0 Å². The van der Waals surface area contributed by atoms with Crippen molar-refractivity contribution in [2.75, 3.05) is 17.3 Å². The predicted molar refractivity (Wildman–Crippen MR) is 76.8 cm³/mol. The minimum Gasteiger partial charge on any atom is -0.324 e. The van der Waals surface area contributed by atoms with Crippen molar-refractivity contribution in [1.82, 2.24) is 0 Å². The highest BCUT2D eigenvalue weighted by Crippen LogP contribution is 2.16. The Hall–Kier alpha value is -1.40. The summed E-state index contributed by atoms with van der Waals surface area (Å²) in [5.41, 5.74) is 8.36. The second kappa shape index (κ2) is 6.16. The fraction of sp³-hybridized carbons (Fsp3) is 0.462. The van der Waals surface area contributed by atoms with Gasteiger partial charge in [-0.3, -0.25) is 4.79 Å². The second-order valence-electron chi connectivity index (χ2n) is 4.83. The van der Waals surface area contributed by atoms with Gasteiger partial charge >= 0.3 is 0 Å². The van der Waals surface area contributed by atoms with E-state index in [2.05, 4.69) is 5.32 Å². The largest absolute Gasteiger partial charge is 0.324 e. The molecule has 0 heterocycles. The van der Waals surface area contributed by atoms with Crippen LogP contribution in [-0.4, -0.2) is 32.4 Å². The molecule has 0 saturated heterocycles. The Labute approximate surface area is 114 Å². The maximum Gasteiger partial charge on any atom is 0.241 e. The van der Waals surface area contributed by atoms with Crippen molar-refractivity contribution in [1.29, 1.82) is 0 Å². The van der Waals surface area contributed by atoms with Crippen molar-refractivity contribution in [3.8, 4) is 0 Å². The molecule has 0 saturated carbocycles. The summed E-state index contributed by atoms with van der Waals surface area (Å²) in [7, 11) is -3.10. The molecule has 0 fully saturated rings. The zero-order valence-corrected chi connectivity index (χ0v) is 12.3. The van der Waals surface area contributed by atoms with Crippen molar-refractivity contribution in [3.05, 3.63) is 29.3 Å². The van der Waals surface area contributed by atoms with E-state index >= 15 is 0 Å². The van der Waals surface area contributed by atoms with Crippen LogP contribution in [0.2, 0.25) is 0 Å². The monoisotopic (exact) mass is 284 g/mol. The smallest absolute Gasteiger partial charge is 0.241 e. The summed E-state index contributed by atoms with van der Waals surface area (Å²) in [4.78, 5) is 11.9. The summed E-state index contributed by atoms with van der Waals surface area (Å²) in [6.07, 6.45) is 1.25. The number of benzene rings is 1. The first-order valence-electron chi connectivity index (χ1n) is 6.00. The number of sulfone groups is 1. The van der Waals surface area contributed by atoms with Gasteiger partial charge in [0.2, 0.25) is 5.91 Å². The van der Waals surface area contributed by atoms with E-state index in [0.29, 0.717) is 5.69 Å². The number of anilines is 1. The van der Waals surface area contributed by atoms with Crippen molar-refractivity contribution >= 4 is 21.4 Å². The number of carbonyl (C=O) groups is 1. The normalized spacial score (nSPS) is 13.1.